The Morgan fingerprint density at radius 3 is 2.43 bits per heavy atom. The molecule has 3 N–H and O–H groups in total. The molecule has 0 bridgehead atoms. The highest BCUT2D eigenvalue weighted by Crippen LogP contribution is 2.25. The molecule has 2 aromatic rings. The van der Waals surface area contributed by atoms with E-state index in [-0.39, 0.29) is 16.1 Å². The van der Waals surface area contributed by atoms with Crippen molar-refractivity contribution in [3.05, 3.63) is 53.3 Å². The molecule has 0 amide bonds. The molecule has 0 aliphatic heterocycles. The van der Waals surface area contributed by atoms with Crippen molar-refractivity contribution < 1.29 is 21.6 Å². The second-order valence-corrected chi connectivity index (χ2v) is 6.00. The Hall–Kier alpha value is -2.22. The number of sulfonamides is 1. The Kier molecular flexibility index (Phi) is 3.82. The molecule has 0 saturated carbocycles. The zero-order chi connectivity index (χ0) is 15.8. The predicted molar refractivity (Wildman–Crippen MR) is 72.7 cm³/mol. The highest BCUT2D eigenvalue weighted by Gasteiger charge is 2.21. The van der Waals surface area contributed by atoms with E-state index in [4.69, 9.17) is 5.73 Å². The molecule has 0 aliphatic rings. The van der Waals surface area contributed by atoms with E-state index < -0.39 is 33.2 Å². The van der Waals surface area contributed by atoms with Gasteiger partial charge in [0.1, 0.15) is 5.82 Å². The van der Waals surface area contributed by atoms with E-state index in [1.807, 2.05) is 4.72 Å². The molecule has 4 nitrogen and oxygen atoms in total. The van der Waals surface area contributed by atoms with Crippen LogP contribution in [0.1, 0.15) is 5.56 Å². The van der Waals surface area contributed by atoms with Crippen molar-refractivity contribution in [3.8, 4) is 0 Å². The number of anilines is 2. The third-order valence-electron chi connectivity index (χ3n) is 2.78. The molecule has 0 spiro atoms. The molecule has 0 heterocycles. The zero-order valence-corrected chi connectivity index (χ0v) is 11.6. The molecule has 8 heteroatoms. The highest BCUT2D eigenvalue weighted by atomic mass is 32.2. The fourth-order valence-corrected chi connectivity index (χ4v) is 3.06. The monoisotopic (exact) mass is 316 g/mol. The molecule has 0 saturated heterocycles. The molecule has 0 atom stereocenters. The number of halogens is 3. The fourth-order valence-electron chi connectivity index (χ4n) is 1.74. The Balaban J connectivity index is 2.48. The SMILES string of the molecule is Cc1cc(F)c(N)cc1S(=O)(=O)Nc1cccc(F)c1F. The zero-order valence-electron chi connectivity index (χ0n) is 10.8. The van der Waals surface area contributed by atoms with Crippen LogP contribution in [0.4, 0.5) is 24.5 Å². The summed E-state index contributed by atoms with van der Waals surface area (Å²) in [4.78, 5) is -0.315. The third-order valence-corrected chi connectivity index (χ3v) is 4.29. The molecule has 2 aromatic carbocycles. The molecule has 0 aliphatic carbocycles. The number of benzene rings is 2. The number of aryl methyl sites for hydroxylation is 1. The van der Waals surface area contributed by atoms with Crippen molar-refractivity contribution in [2.45, 2.75) is 11.8 Å². The van der Waals surface area contributed by atoms with Crippen LogP contribution >= 0.6 is 0 Å². The van der Waals surface area contributed by atoms with Crippen LogP contribution in [-0.2, 0) is 10.0 Å². The van der Waals surface area contributed by atoms with Gasteiger partial charge in [-0.25, -0.2) is 21.6 Å². The summed E-state index contributed by atoms with van der Waals surface area (Å²) in [6, 6.07) is 4.95. The summed E-state index contributed by atoms with van der Waals surface area (Å²) in [5.41, 5.74) is 4.52. The smallest absolute Gasteiger partial charge is 0.262 e. The Morgan fingerprint density at radius 2 is 1.76 bits per heavy atom. The molecule has 21 heavy (non-hydrogen) atoms. The normalized spacial score (nSPS) is 11.4. The number of hydrogen-bond donors (Lipinski definition) is 2. The lowest BCUT2D eigenvalue weighted by molar-refractivity contribution is 0.511. The van der Waals surface area contributed by atoms with Crippen molar-refractivity contribution in [2.75, 3.05) is 10.5 Å². The second-order valence-electron chi connectivity index (χ2n) is 4.35. The van der Waals surface area contributed by atoms with Crippen LogP contribution < -0.4 is 10.5 Å². The van der Waals surface area contributed by atoms with Crippen LogP contribution in [0.2, 0.25) is 0 Å². The van der Waals surface area contributed by atoms with Crippen molar-refractivity contribution in [1.29, 1.82) is 0 Å². The van der Waals surface area contributed by atoms with Crippen molar-refractivity contribution in [1.82, 2.24) is 0 Å². The number of hydrogen-bond acceptors (Lipinski definition) is 3. The molecular formula is C13H11F3N2O2S. The summed E-state index contributed by atoms with van der Waals surface area (Å²) < 4.78 is 66.1. The van der Waals surface area contributed by atoms with E-state index in [2.05, 4.69) is 0 Å². The molecule has 2 rings (SSSR count). The Labute approximate surface area is 119 Å². The lowest BCUT2D eigenvalue weighted by Gasteiger charge is -2.12. The van der Waals surface area contributed by atoms with Gasteiger partial charge in [0, 0.05) is 0 Å². The van der Waals surface area contributed by atoms with Gasteiger partial charge in [0.2, 0.25) is 0 Å². The van der Waals surface area contributed by atoms with Gasteiger partial charge in [0.15, 0.2) is 11.6 Å². The van der Waals surface area contributed by atoms with Gasteiger partial charge in [-0.05, 0) is 36.8 Å². The van der Waals surface area contributed by atoms with Gasteiger partial charge in [-0.2, -0.15) is 0 Å². The molecule has 0 fully saturated rings. The second kappa shape index (κ2) is 5.28. The first-order chi connectivity index (χ1) is 9.72. The largest absolute Gasteiger partial charge is 0.396 e. The summed E-state index contributed by atoms with van der Waals surface area (Å²) in [6.45, 7) is 1.36. The minimum absolute atomic E-state index is 0.0889. The van der Waals surface area contributed by atoms with Crippen LogP contribution in [0.25, 0.3) is 0 Å². The minimum atomic E-state index is -4.23. The number of nitrogen functional groups attached to an aromatic ring is 1. The van der Waals surface area contributed by atoms with E-state index in [1.165, 1.54) is 6.92 Å². The minimum Gasteiger partial charge on any atom is -0.396 e. The maximum atomic E-state index is 13.5. The predicted octanol–water partition coefficient (Wildman–Crippen LogP) is 2.80. The third kappa shape index (κ3) is 2.94. The Morgan fingerprint density at radius 1 is 1.10 bits per heavy atom. The first-order valence-corrected chi connectivity index (χ1v) is 7.23. The molecule has 0 aromatic heterocycles. The van der Waals surface area contributed by atoms with Crippen LogP contribution in [0.3, 0.4) is 0 Å². The molecule has 0 radical (unpaired) electrons. The fraction of sp³-hybridized carbons (Fsp3) is 0.0769. The van der Waals surface area contributed by atoms with Gasteiger partial charge >= 0.3 is 0 Å². The summed E-state index contributed by atoms with van der Waals surface area (Å²) in [7, 11) is -4.23. The summed E-state index contributed by atoms with van der Waals surface area (Å²) >= 11 is 0. The van der Waals surface area contributed by atoms with Gasteiger partial charge in [-0.3, -0.25) is 4.72 Å². The van der Waals surface area contributed by atoms with Gasteiger partial charge < -0.3 is 5.73 Å². The average Bonchev–Trinajstić information content (AvgIpc) is 2.39. The first-order valence-electron chi connectivity index (χ1n) is 5.75. The van der Waals surface area contributed by atoms with Crippen LogP contribution in [0, 0.1) is 24.4 Å². The first kappa shape index (κ1) is 15.2. The van der Waals surface area contributed by atoms with Gasteiger partial charge in [-0.1, -0.05) is 6.07 Å². The van der Waals surface area contributed by atoms with Crippen molar-refractivity contribution >= 4 is 21.4 Å². The molecule has 0 unspecified atom stereocenters. The van der Waals surface area contributed by atoms with Crippen LogP contribution in [0.15, 0.2) is 35.2 Å². The standard InChI is InChI=1S/C13H11F3N2O2S/c1-7-5-9(15)10(17)6-12(7)21(19,20)18-11-4-2-3-8(14)13(11)16/h2-6,18H,17H2,1H3. The topological polar surface area (TPSA) is 72.2 Å². The highest BCUT2D eigenvalue weighted by molar-refractivity contribution is 7.92. The lowest BCUT2D eigenvalue weighted by atomic mass is 10.2. The van der Waals surface area contributed by atoms with E-state index in [0.29, 0.717) is 0 Å². The van der Waals surface area contributed by atoms with Crippen molar-refractivity contribution in [2.24, 2.45) is 0 Å². The van der Waals surface area contributed by atoms with Gasteiger partial charge in [0.05, 0.1) is 16.3 Å². The lowest BCUT2D eigenvalue weighted by Crippen LogP contribution is -2.16. The molecule has 112 valence electrons. The maximum absolute atomic E-state index is 13.5. The van der Waals surface area contributed by atoms with E-state index in [1.54, 1.807) is 0 Å². The van der Waals surface area contributed by atoms with Crippen molar-refractivity contribution in [3.63, 3.8) is 0 Å². The van der Waals surface area contributed by atoms with Gasteiger partial charge in [-0.15, -0.1) is 0 Å². The van der Waals surface area contributed by atoms with E-state index in [9.17, 15) is 21.6 Å². The summed E-state index contributed by atoms with van der Waals surface area (Å²) in [5, 5.41) is 0. The van der Waals surface area contributed by atoms with Gasteiger partial charge in [0.25, 0.3) is 10.0 Å². The quantitative estimate of drug-likeness (QED) is 0.855. The van der Waals surface area contributed by atoms with Crippen LogP contribution in [0.5, 0.6) is 0 Å². The maximum Gasteiger partial charge on any atom is 0.262 e. The number of nitrogens with one attached hydrogen (secondary N) is 1. The molecular weight excluding hydrogens is 305 g/mol. The van der Waals surface area contributed by atoms with E-state index >= 15 is 0 Å². The Bertz CT molecular complexity index is 807. The number of nitrogens with two attached hydrogens (primary N) is 1. The summed E-state index contributed by atoms with van der Waals surface area (Å²) in [6.07, 6.45) is 0. The number of rotatable bonds is 3. The van der Waals surface area contributed by atoms with E-state index in [0.717, 1.165) is 30.3 Å². The summed E-state index contributed by atoms with van der Waals surface area (Å²) in [5.74, 6) is -3.28. The van der Waals surface area contributed by atoms with Crippen LogP contribution in [-0.4, -0.2) is 8.42 Å². The average molecular weight is 316 g/mol.